The second-order valence-corrected chi connectivity index (χ2v) is 9.95. The van der Waals surface area contributed by atoms with Gasteiger partial charge in [-0.3, -0.25) is 14.0 Å². The number of aromatic nitrogens is 5. The minimum absolute atomic E-state index is 0.179. The summed E-state index contributed by atoms with van der Waals surface area (Å²) in [5, 5.41) is 8.08. The van der Waals surface area contributed by atoms with E-state index in [2.05, 4.69) is 50.0 Å². The van der Waals surface area contributed by atoms with Gasteiger partial charge in [0.15, 0.2) is 0 Å². The van der Waals surface area contributed by atoms with Gasteiger partial charge >= 0.3 is 0 Å². The van der Waals surface area contributed by atoms with E-state index in [1.165, 1.54) is 6.07 Å². The Balaban J connectivity index is 1.32. The van der Waals surface area contributed by atoms with Crippen LogP contribution in [-0.4, -0.2) is 73.8 Å². The van der Waals surface area contributed by atoms with Gasteiger partial charge in [0, 0.05) is 69.7 Å². The summed E-state index contributed by atoms with van der Waals surface area (Å²) in [4.78, 5) is 17.6. The van der Waals surface area contributed by atoms with Crippen molar-refractivity contribution >= 4 is 17.4 Å². The maximum Gasteiger partial charge on any atom is 0.288 e. The van der Waals surface area contributed by atoms with Gasteiger partial charge in [0.2, 0.25) is 11.6 Å². The number of fused-ring (bicyclic) bond motifs is 2. The zero-order valence-corrected chi connectivity index (χ0v) is 21.8. The molecule has 1 unspecified atom stereocenters. The molecule has 1 saturated heterocycles. The minimum Gasteiger partial charge on any atom is -0.493 e. The number of halogens is 1. The third-order valence-corrected chi connectivity index (χ3v) is 7.65. The average Bonchev–Trinajstić information content (AvgIpc) is 3.66. The molecule has 0 saturated carbocycles. The van der Waals surface area contributed by atoms with E-state index in [4.69, 9.17) is 16.4 Å². The van der Waals surface area contributed by atoms with Crippen LogP contribution in [0.25, 0.3) is 21.7 Å². The Morgan fingerprint density at radius 2 is 2.03 bits per heavy atom. The Kier molecular flexibility index (Phi) is 6.21. The van der Waals surface area contributed by atoms with E-state index in [9.17, 15) is 4.39 Å². The highest BCUT2D eigenvalue weighted by Gasteiger charge is 2.25. The van der Waals surface area contributed by atoms with Crippen molar-refractivity contribution in [2.24, 2.45) is 7.05 Å². The van der Waals surface area contributed by atoms with Crippen molar-refractivity contribution in [3.05, 3.63) is 64.6 Å². The van der Waals surface area contributed by atoms with E-state index < -0.39 is 0 Å². The predicted molar refractivity (Wildman–Crippen MR) is 142 cm³/mol. The molecule has 1 atom stereocenters. The fourth-order valence-corrected chi connectivity index (χ4v) is 5.35. The van der Waals surface area contributed by atoms with Crippen molar-refractivity contribution in [1.29, 1.82) is 0 Å². The van der Waals surface area contributed by atoms with Crippen LogP contribution < -0.4 is 10.1 Å². The average molecular weight is 516 g/mol. The van der Waals surface area contributed by atoms with Gasteiger partial charge < -0.3 is 19.8 Å². The molecule has 1 fully saturated rings. The van der Waals surface area contributed by atoms with Gasteiger partial charge in [-0.2, -0.15) is 5.10 Å². The lowest BCUT2D eigenvalue weighted by atomic mass is 10.0. The summed E-state index contributed by atoms with van der Waals surface area (Å²) >= 11 is 0. The number of rotatable bonds is 6. The number of aryl methyl sites for hydroxylation is 1. The first-order valence-corrected chi connectivity index (χ1v) is 12.8. The Morgan fingerprint density at radius 3 is 2.82 bits per heavy atom. The highest BCUT2D eigenvalue weighted by atomic mass is 19.1. The zero-order chi connectivity index (χ0) is 26.4. The quantitative estimate of drug-likeness (QED) is 0.393. The summed E-state index contributed by atoms with van der Waals surface area (Å²) in [7, 11) is 4.06. The number of anilines is 1. The van der Waals surface area contributed by atoms with Crippen molar-refractivity contribution < 1.29 is 9.13 Å². The second-order valence-electron chi connectivity index (χ2n) is 9.95. The van der Waals surface area contributed by atoms with Gasteiger partial charge in [-0.1, -0.05) is 11.6 Å². The Hall–Kier alpha value is -4.01. The van der Waals surface area contributed by atoms with Crippen LogP contribution in [0.15, 0.2) is 30.6 Å². The third kappa shape index (κ3) is 4.25. The summed E-state index contributed by atoms with van der Waals surface area (Å²) in [5.74, 6) is 1.19. The molecule has 4 aromatic rings. The standard InChI is InChI=1S/C27H30FN9O/c1-17(36-10-8-34(3)9-11-36)22-13-23(35(4)33-22)20-15-31-27(37-16-25(29-2)32-26(20)37)30-14-19-18-7-12-38-24(18)6-5-21(19)28/h5-6,13,15-17H,7-12,14H2,1,3-4H3,(H,30,31). The largest absolute Gasteiger partial charge is 0.493 e. The van der Waals surface area contributed by atoms with Crippen molar-refractivity contribution in [1.82, 2.24) is 33.9 Å². The lowest BCUT2D eigenvalue weighted by Gasteiger charge is -2.35. The van der Waals surface area contributed by atoms with Crippen LogP contribution in [-0.2, 0) is 20.0 Å². The highest BCUT2D eigenvalue weighted by Crippen LogP contribution is 2.33. The van der Waals surface area contributed by atoms with Crippen molar-refractivity contribution in [2.75, 3.05) is 45.2 Å². The van der Waals surface area contributed by atoms with Gasteiger partial charge in [-0.25, -0.2) is 9.37 Å². The SMILES string of the molecule is [C-]#[N+]c1cn2c(NCc3c(F)ccc4c3CCO4)ncc(-c3cc(C(C)N4CCN(C)CC4)nn3C)c2n1. The van der Waals surface area contributed by atoms with Gasteiger partial charge in [0.25, 0.3) is 5.82 Å². The number of hydrogen-bond acceptors (Lipinski definition) is 7. The molecule has 1 aromatic carbocycles. The number of likely N-dealkylation sites (N-methyl/N-ethyl adjacent to an activating group) is 1. The topological polar surface area (TPSA) is 80.1 Å². The number of nitrogens with one attached hydrogen (secondary N) is 1. The molecule has 0 spiro atoms. The van der Waals surface area contributed by atoms with E-state index in [0.29, 0.717) is 30.2 Å². The fraction of sp³-hybridized carbons (Fsp3) is 0.407. The van der Waals surface area contributed by atoms with Crippen LogP contribution in [0.2, 0.25) is 0 Å². The van der Waals surface area contributed by atoms with E-state index in [1.807, 2.05) is 11.7 Å². The van der Waals surface area contributed by atoms with Gasteiger partial charge in [-0.05, 0) is 32.2 Å². The molecule has 5 heterocycles. The summed E-state index contributed by atoms with van der Waals surface area (Å²) in [6.07, 6.45) is 4.07. The molecule has 0 aliphatic carbocycles. The molecule has 3 aromatic heterocycles. The van der Waals surface area contributed by atoms with Gasteiger partial charge in [0.1, 0.15) is 11.6 Å². The van der Waals surface area contributed by atoms with Crippen LogP contribution in [0.1, 0.15) is 29.8 Å². The maximum absolute atomic E-state index is 14.7. The summed E-state index contributed by atoms with van der Waals surface area (Å²) in [6, 6.07) is 5.38. The lowest BCUT2D eigenvalue weighted by Crippen LogP contribution is -2.45. The summed E-state index contributed by atoms with van der Waals surface area (Å²) in [6.45, 7) is 14.6. The van der Waals surface area contributed by atoms with Crippen LogP contribution >= 0.6 is 0 Å². The Morgan fingerprint density at radius 1 is 1.21 bits per heavy atom. The first-order chi connectivity index (χ1) is 18.4. The molecule has 10 nitrogen and oxygen atoms in total. The molecule has 0 radical (unpaired) electrons. The van der Waals surface area contributed by atoms with Gasteiger partial charge in [-0.15, -0.1) is 0 Å². The van der Waals surface area contributed by atoms with E-state index in [-0.39, 0.29) is 24.2 Å². The Bertz CT molecular complexity index is 1540. The molecule has 0 bridgehead atoms. The van der Waals surface area contributed by atoms with Crippen LogP contribution in [0, 0.1) is 12.4 Å². The molecule has 1 N–H and O–H groups in total. The maximum atomic E-state index is 14.7. The molecular weight excluding hydrogens is 485 g/mol. The molecule has 196 valence electrons. The molecule has 2 aliphatic rings. The molecule has 0 amide bonds. The summed E-state index contributed by atoms with van der Waals surface area (Å²) < 4.78 is 23.9. The van der Waals surface area contributed by atoms with E-state index in [0.717, 1.165) is 54.4 Å². The number of piperazine rings is 1. The number of ether oxygens (including phenoxy) is 1. The monoisotopic (exact) mass is 515 g/mol. The van der Waals surface area contributed by atoms with Crippen LogP contribution in [0.5, 0.6) is 5.75 Å². The molecule has 2 aliphatic heterocycles. The first-order valence-electron chi connectivity index (χ1n) is 12.8. The smallest absolute Gasteiger partial charge is 0.288 e. The van der Waals surface area contributed by atoms with E-state index >= 15 is 0 Å². The molecule has 6 rings (SSSR count). The van der Waals surface area contributed by atoms with Gasteiger partial charge in [0.05, 0.1) is 29.6 Å². The van der Waals surface area contributed by atoms with Crippen molar-refractivity contribution in [3.63, 3.8) is 0 Å². The van der Waals surface area contributed by atoms with Crippen LogP contribution in [0.4, 0.5) is 16.2 Å². The van der Waals surface area contributed by atoms with E-state index in [1.54, 1.807) is 22.9 Å². The highest BCUT2D eigenvalue weighted by molar-refractivity contribution is 5.78. The fourth-order valence-electron chi connectivity index (χ4n) is 5.35. The number of hydrogen-bond donors (Lipinski definition) is 1. The second kappa shape index (κ2) is 9.70. The predicted octanol–water partition coefficient (Wildman–Crippen LogP) is 3.68. The molecular formula is C27H30FN9O. The van der Waals surface area contributed by atoms with Crippen molar-refractivity contribution in [3.8, 4) is 17.0 Å². The Labute approximate surface area is 220 Å². The minimum atomic E-state index is -0.279. The molecule has 38 heavy (non-hydrogen) atoms. The number of imidazole rings is 1. The van der Waals surface area contributed by atoms with Crippen molar-refractivity contribution in [2.45, 2.75) is 25.9 Å². The zero-order valence-electron chi connectivity index (χ0n) is 21.8. The normalized spacial score (nSPS) is 16.8. The third-order valence-electron chi connectivity index (χ3n) is 7.65. The lowest BCUT2D eigenvalue weighted by molar-refractivity contribution is 0.117. The summed E-state index contributed by atoms with van der Waals surface area (Å²) in [5.41, 5.74) is 4.68. The number of nitrogens with zero attached hydrogens (tertiary/aromatic N) is 8. The first kappa shape index (κ1) is 24.3. The number of benzene rings is 1. The van der Waals surface area contributed by atoms with Crippen LogP contribution in [0.3, 0.4) is 0 Å². The molecule has 11 heteroatoms.